The summed E-state index contributed by atoms with van der Waals surface area (Å²) in [6.45, 7) is 1.77. The maximum absolute atomic E-state index is 12.1. The molecule has 5 N–H and O–H groups in total. The molecule has 0 bridgehead atoms. The zero-order valence-electron chi connectivity index (χ0n) is 12.5. The molecule has 1 heterocycles. The predicted octanol–water partition coefficient (Wildman–Crippen LogP) is 0.896. The first kappa shape index (κ1) is 16.5. The Morgan fingerprint density at radius 2 is 2.00 bits per heavy atom. The molecule has 8 heteroatoms. The van der Waals surface area contributed by atoms with Gasteiger partial charge in [0.2, 0.25) is 5.95 Å². The molecule has 0 radical (unpaired) electrons. The molecule has 1 aromatic carbocycles. The fraction of sp³-hybridized carbons (Fsp3) is 0.267. The van der Waals surface area contributed by atoms with Crippen molar-refractivity contribution in [3.63, 3.8) is 0 Å². The number of aliphatic hydroxyl groups is 1. The first-order chi connectivity index (χ1) is 11.0. The lowest BCUT2D eigenvalue weighted by Crippen LogP contribution is -2.49. The molecule has 0 saturated carbocycles. The zero-order chi connectivity index (χ0) is 16.8. The molecule has 0 fully saturated rings. The van der Waals surface area contributed by atoms with E-state index in [1.165, 1.54) is 6.20 Å². The molecular weight excluding hydrogens is 300 g/mol. The summed E-state index contributed by atoms with van der Waals surface area (Å²) >= 11 is 0. The van der Waals surface area contributed by atoms with Gasteiger partial charge < -0.3 is 20.5 Å². The van der Waals surface area contributed by atoms with Gasteiger partial charge in [0, 0.05) is 11.9 Å². The van der Waals surface area contributed by atoms with Crippen molar-refractivity contribution in [3.05, 3.63) is 47.8 Å². The molecule has 2 atom stereocenters. The van der Waals surface area contributed by atoms with Gasteiger partial charge in [0.25, 0.3) is 5.91 Å². The van der Waals surface area contributed by atoms with Crippen molar-refractivity contribution >= 4 is 17.9 Å². The Morgan fingerprint density at radius 3 is 2.57 bits per heavy atom. The Hall–Kier alpha value is -2.87. The van der Waals surface area contributed by atoms with Crippen LogP contribution < -0.4 is 10.6 Å². The van der Waals surface area contributed by atoms with Crippen molar-refractivity contribution in [1.82, 2.24) is 15.3 Å². The number of nitrogens with zero attached hydrogens (tertiary/aromatic N) is 1. The number of imidazole rings is 1. The van der Waals surface area contributed by atoms with Crippen LogP contribution in [0.3, 0.4) is 0 Å². The van der Waals surface area contributed by atoms with Gasteiger partial charge in [-0.05, 0) is 18.9 Å². The van der Waals surface area contributed by atoms with Gasteiger partial charge in [-0.3, -0.25) is 10.1 Å². The number of aromatic nitrogens is 2. The molecular formula is C15H18N4O4. The van der Waals surface area contributed by atoms with Crippen molar-refractivity contribution in [2.75, 3.05) is 5.32 Å². The fourth-order valence-electron chi connectivity index (χ4n) is 2.12. The number of H-pyrrole nitrogens is 1. The number of hydrogen-bond acceptors (Lipinski definition) is 4. The minimum Gasteiger partial charge on any atom is -0.465 e. The van der Waals surface area contributed by atoms with E-state index in [1.54, 1.807) is 31.2 Å². The first-order valence-corrected chi connectivity index (χ1v) is 6.99. The second-order valence-corrected chi connectivity index (χ2v) is 5.09. The molecule has 0 unspecified atom stereocenters. The molecule has 2 rings (SSSR count). The highest BCUT2D eigenvalue weighted by molar-refractivity contribution is 5.93. The number of carbonyl (C=O) groups is 2. The van der Waals surface area contributed by atoms with Gasteiger partial charge in [-0.2, -0.15) is 0 Å². The highest BCUT2D eigenvalue weighted by Gasteiger charge is 2.28. The summed E-state index contributed by atoms with van der Waals surface area (Å²) in [6, 6.07) is 8.02. The maximum Gasteiger partial charge on any atom is 0.404 e. The molecule has 0 aliphatic rings. The van der Waals surface area contributed by atoms with E-state index in [2.05, 4.69) is 20.6 Å². The molecule has 0 aliphatic heterocycles. The van der Waals surface area contributed by atoms with E-state index >= 15 is 0 Å². The SMILES string of the molecule is Cc1cnc(NC(=O)[C@H](O)[C@H](Cc2ccccc2)NC(=O)O)[nH]1. The summed E-state index contributed by atoms with van der Waals surface area (Å²) in [5.74, 6) is -0.547. The van der Waals surface area contributed by atoms with Crippen LogP contribution in [0.25, 0.3) is 0 Å². The summed E-state index contributed by atoms with van der Waals surface area (Å²) in [5.41, 5.74) is 1.55. The van der Waals surface area contributed by atoms with E-state index in [9.17, 15) is 14.7 Å². The van der Waals surface area contributed by atoms with Crippen LogP contribution in [0.5, 0.6) is 0 Å². The number of hydrogen-bond donors (Lipinski definition) is 5. The Bertz CT molecular complexity index is 671. The van der Waals surface area contributed by atoms with Crippen molar-refractivity contribution in [2.45, 2.75) is 25.5 Å². The van der Waals surface area contributed by atoms with Gasteiger partial charge >= 0.3 is 6.09 Å². The number of anilines is 1. The van der Waals surface area contributed by atoms with Gasteiger partial charge in [-0.15, -0.1) is 0 Å². The second kappa shape index (κ2) is 7.41. The maximum atomic E-state index is 12.1. The largest absolute Gasteiger partial charge is 0.465 e. The number of aromatic amines is 1. The van der Waals surface area contributed by atoms with Gasteiger partial charge in [-0.1, -0.05) is 30.3 Å². The summed E-state index contributed by atoms with van der Waals surface area (Å²) in [6.07, 6.45) is -1.17. The normalized spacial score (nSPS) is 13.1. The van der Waals surface area contributed by atoms with Crippen molar-refractivity contribution in [3.8, 4) is 0 Å². The number of carboxylic acid groups (broad SMARTS) is 1. The van der Waals surface area contributed by atoms with Crippen LogP contribution in [0.4, 0.5) is 10.7 Å². The van der Waals surface area contributed by atoms with E-state index < -0.39 is 24.1 Å². The van der Waals surface area contributed by atoms with Crippen LogP contribution in [0, 0.1) is 6.92 Å². The highest BCUT2D eigenvalue weighted by atomic mass is 16.4. The standard InChI is InChI=1S/C15H18N4O4/c1-9-8-16-14(17-9)19-13(21)12(20)11(18-15(22)23)7-10-5-3-2-4-6-10/h2-6,8,11-12,18,20H,7H2,1H3,(H,22,23)(H2,16,17,19,21)/t11-,12+/m0/s1. The van der Waals surface area contributed by atoms with E-state index in [0.717, 1.165) is 11.3 Å². The van der Waals surface area contributed by atoms with E-state index in [4.69, 9.17) is 5.11 Å². The molecule has 0 saturated heterocycles. The minimum absolute atomic E-state index is 0.179. The van der Waals surface area contributed by atoms with Crippen LogP contribution in [0.15, 0.2) is 36.5 Å². The number of carbonyl (C=O) groups excluding carboxylic acids is 1. The number of nitrogens with one attached hydrogen (secondary N) is 3. The Labute approximate surface area is 132 Å². The second-order valence-electron chi connectivity index (χ2n) is 5.09. The summed E-state index contributed by atoms with van der Waals surface area (Å²) in [4.78, 5) is 29.7. The molecule has 2 aromatic rings. The average molecular weight is 318 g/mol. The van der Waals surface area contributed by atoms with E-state index in [1.807, 2.05) is 6.07 Å². The first-order valence-electron chi connectivity index (χ1n) is 6.99. The Kier molecular flexibility index (Phi) is 5.32. The van der Waals surface area contributed by atoms with Crippen LogP contribution in [0.2, 0.25) is 0 Å². The zero-order valence-corrected chi connectivity index (χ0v) is 12.5. The smallest absolute Gasteiger partial charge is 0.404 e. The van der Waals surface area contributed by atoms with Crippen molar-refractivity contribution in [2.24, 2.45) is 0 Å². The third kappa shape index (κ3) is 4.82. The molecule has 0 aliphatic carbocycles. The lowest BCUT2D eigenvalue weighted by atomic mass is 10.0. The van der Waals surface area contributed by atoms with Crippen molar-refractivity contribution < 1.29 is 19.8 Å². The number of benzene rings is 1. The van der Waals surface area contributed by atoms with Crippen molar-refractivity contribution in [1.29, 1.82) is 0 Å². The lowest BCUT2D eigenvalue weighted by molar-refractivity contribution is -0.125. The molecule has 1 aromatic heterocycles. The van der Waals surface area contributed by atoms with Gasteiger partial charge in [0.1, 0.15) is 0 Å². The van der Waals surface area contributed by atoms with Crippen LogP contribution >= 0.6 is 0 Å². The third-order valence-electron chi connectivity index (χ3n) is 3.20. The summed E-state index contributed by atoms with van der Waals surface area (Å²) in [5, 5.41) is 23.7. The molecule has 2 amide bonds. The molecule has 0 spiro atoms. The molecule has 23 heavy (non-hydrogen) atoms. The molecule has 122 valence electrons. The monoisotopic (exact) mass is 318 g/mol. The Morgan fingerprint density at radius 1 is 1.30 bits per heavy atom. The fourth-order valence-corrected chi connectivity index (χ4v) is 2.12. The lowest BCUT2D eigenvalue weighted by Gasteiger charge is -2.22. The van der Waals surface area contributed by atoms with Gasteiger partial charge in [0.05, 0.1) is 6.04 Å². The van der Waals surface area contributed by atoms with Crippen LogP contribution in [-0.2, 0) is 11.2 Å². The molecule has 8 nitrogen and oxygen atoms in total. The number of amides is 2. The highest BCUT2D eigenvalue weighted by Crippen LogP contribution is 2.09. The average Bonchev–Trinajstić information content (AvgIpc) is 2.91. The quantitative estimate of drug-likeness (QED) is 0.540. The number of rotatable bonds is 6. The third-order valence-corrected chi connectivity index (χ3v) is 3.20. The van der Waals surface area contributed by atoms with Crippen LogP contribution in [0.1, 0.15) is 11.3 Å². The number of aryl methyl sites for hydroxylation is 1. The number of aliphatic hydroxyl groups excluding tert-OH is 1. The topological polar surface area (TPSA) is 127 Å². The van der Waals surface area contributed by atoms with Gasteiger partial charge in [-0.25, -0.2) is 9.78 Å². The summed E-state index contributed by atoms with van der Waals surface area (Å²) < 4.78 is 0. The van der Waals surface area contributed by atoms with E-state index in [-0.39, 0.29) is 12.4 Å². The van der Waals surface area contributed by atoms with Crippen LogP contribution in [-0.4, -0.2) is 44.3 Å². The Balaban J connectivity index is 2.07. The predicted molar refractivity (Wildman–Crippen MR) is 83.1 cm³/mol. The minimum atomic E-state index is -1.56. The summed E-state index contributed by atoms with van der Waals surface area (Å²) in [7, 11) is 0. The van der Waals surface area contributed by atoms with Gasteiger partial charge in [0.15, 0.2) is 6.10 Å². The van der Waals surface area contributed by atoms with E-state index in [0.29, 0.717) is 0 Å².